The van der Waals surface area contributed by atoms with Crippen LogP contribution >= 0.6 is 11.8 Å². The van der Waals surface area contributed by atoms with Crippen LogP contribution in [0.4, 0.5) is 0 Å². The standard InChI is InChI=1S/C5H8N2O3S2/c1-12(9,10)7-2-3-11-5(7)4(6)8/h2-3,5H,1H3,(H2,6,8). The summed E-state index contributed by atoms with van der Waals surface area (Å²) >= 11 is 1.08. The third-order valence-electron chi connectivity index (χ3n) is 1.27. The molecule has 7 heteroatoms. The molecule has 1 atom stereocenters. The number of primary amides is 1. The Balaban J connectivity index is 2.91. The molecule has 0 bridgehead atoms. The number of carbonyl (C=O) groups excluding carboxylic acids is 1. The molecule has 5 nitrogen and oxygen atoms in total. The highest BCUT2D eigenvalue weighted by Crippen LogP contribution is 2.26. The average molecular weight is 208 g/mol. The van der Waals surface area contributed by atoms with Crippen molar-refractivity contribution in [3.63, 3.8) is 0 Å². The summed E-state index contributed by atoms with van der Waals surface area (Å²) in [4.78, 5) is 10.7. The normalized spacial score (nSPS) is 23.1. The van der Waals surface area contributed by atoms with E-state index in [-0.39, 0.29) is 0 Å². The van der Waals surface area contributed by atoms with Gasteiger partial charge in [0.05, 0.1) is 6.26 Å². The second-order valence-corrected chi connectivity index (χ2v) is 5.15. The maximum absolute atomic E-state index is 11.0. The molecular formula is C5H8N2O3S2. The van der Waals surface area contributed by atoms with Crippen molar-refractivity contribution in [2.45, 2.75) is 5.37 Å². The van der Waals surface area contributed by atoms with Crippen molar-refractivity contribution in [2.24, 2.45) is 5.73 Å². The van der Waals surface area contributed by atoms with Crippen molar-refractivity contribution in [1.82, 2.24) is 4.31 Å². The molecule has 68 valence electrons. The minimum atomic E-state index is -3.37. The van der Waals surface area contributed by atoms with Crippen LogP contribution in [-0.4, -0.2) is 30.3 Å². The summed E-state index contributed by atoms with van der Waals surface area (Å²) in [6.07, 6.45) is 2.36. The molecule has 12 heavy (non-hydrogen) atoms. The summed E-state index contributed by atoms with van der Waals surface area (Å²) in [6.45, 7) is 0. The van der Waals surface area contributed by atoms with Gasteiger partial charge in [-0.15, -0.1) is 0 Å². The van der Waals surface area contributed by atoms with Crippen molar-refractivity contribution in [3.8, 4) is 0 Å². The number of thioether (sulfide) groups is 1. The number of rotatable bonds is 2. The van der Waals surface area contributed by atoms with Gasteiger partial charge in [-0.2, -0.15) is 0 Å². The molecule has 0 aliphatic carbocycles. The lowest BCUT2D eigenvalue weighted by atomic mass is 10.6. The number of nitrogens with two attached hydrogens (primary N) is 1. The fourth-order valence-corrected chi connectivity index (χ4v) is 2.89. The first-order valence-electron chi connectivity index (χ1n) is 3.03. The lowest BCUT2D eigenvalue weighted by Gasteiger charge is -2.18. The van der Waals surface area contributed by atoms with Crippen molar-refractivity contribution < 1.29 is 13.2 Å². The van der Waals surface area contributed by atoms with Crippen molar-refractivity contribution >= 4 is 27.7 Å². The Kier molecular flexibility index (Phi) is 2.34. The van der Waals surface area contributed by atoms with Gasteiger partial charge in [0.2, 0.25) is 10.0 Å². The van der Waals surface area contributed by atoms with E-state index < -0.39 is 21.3 Å². The lowest BCUT2D eigenvalue weighted by Crippen LogP contribution is -2.39. The third-order valence-corrected chi connectivity index (χ3v) is 3.50. The predicted molar refractivity (Wildman–Crippen MR) is 46.4 cm³/mol. The molecule has 1 rings (SSSR count). The maximum Gasteiger partial charge on any atom is 0.252 e. The van der Waals surface area contributed by atoms with Gasteiger partial charge in [-0.3, -0.25) is 9.10 Å². The Morgan fingerprint density at radius 2 is 2.25 bits per heavy atom. The van der Waals surface area contributed by atoms with Crippen LogP contribution in [0.5, 0.6) is 0 Å². The van der Waals surface area contributed by atoms with Crippen LogP contribution in [0.2, 0.25) is 0 Å². The molecule has 0 saturated carbocycles. The summed E-state index contributed by atoms with van der Waals surface area (Å²) < 4.78 is 22.9. The van der Waals surface area contributed by atoms with Crippen LogP contribution < -0.4 is 5.73 Å². The molecule has 1 amide bonds. The Labute approximate surface area is 74.6 Å². The van der Waals surface area contributed by atoms with Crippen LogP contribution in [0.3, 0.4) is 0 Å². The van der Waals surface area contributed by atoms with E-state index in [9.17, 15) is 13.2 Å². The molecule has 1 aliphatic rings. The zero-order chi connectivity index (χ0) is 9.35. The highest BCUT2D eigenvalue weighted by molar-refractivity contribution is 8.04. The second kappa shape index (κ2) is 2.98. The first-order valence-corrected chi connectivity index (χ1v) is 5.82. The van der Waals surface area contributed by atoms with E-state index in [1.54, 1.807) is 0 Å². The van der Waals surface area contributed by atoms with Gasteiger partial charge in [-0.1, -0.05) is 11.8 Å². The molecule has 0 fully saturated rings. The topological polar surface area (TPSA) is 80.5 Å². The zero-order valence-electron chi connectivity index (χ0n) is 6.30. The Bertz CT molecular complexity index is 322. The summed E-state index contributed by atoms with van der Waals surface area (Å²) in [6, 6.07) is 0. The van der Waals surface area contributed by atoms with E-state index in [0.29, 0.717) is 0 Å². The van der Waals surface area contributed by atoms with Crippen molar-refractivity contribution in [1.29, 1.82) is 0 Å². The van der Waals surface area contributed by atoms with Gasteiger partial charge >= 0.3 is 0 Å². The minimum absolute atomic E-state index is 0.657. The van der Waals surface area contributed by atoms with Gasteiger partial charge in [0.25, 0.3) is 5.91 Å². The highest BCUT2D eigenvalue weighted by atomic mass is 32.2. The first-order chi connectivity index (χ1) is 5.43. The van der Waals surface area contributed by atoms with Gasteiger partial charge in [-0.25, -0.2) is 8.42 Å². The molecule has 0 aromatic rings. The van der Waals surface area contributed by atoms with E-state index >= 15 is 0 Å². The quantitative estimate of drug-likeness (QED) is 0.649. The first kappa shape index (κ1) is 9.40. The van der Waals surface area contributed by atoms with Crippen LogP contribution in [-0.2, 0) is 14.8 Å². The van der Waals surface area contributed by atoms with Gasteiger partial charge in [-0.05, 0) is 5.41 Å². The number of amides is 1. The number of sulfonamides is 1. The van der Waals surface area contributed by atoms with Gasteiger partial charge in [0.1, 0.15) is 0 Å². The molecule has 0 aromatic heterocycles. The molecule has 1 unspecified atom stereocenters. The Hall–Kier alpha value is -0.690. The van der Waals surface area contributed by atoms with Gasteiger partial charge < -0.3 is 5.73 Å². The summed E-state index contributed by atoms with van der Waals surface area (Å²) in [7, 11) is -3.37. The van der Waals surface area contributed by atoms with E-state index in [1.165, 1.54) is 11.6 Å². The van der Waals surface area contributed by atoms with E-state index in [2.05, 4.69) is 0 Å². The number of nitrogens with zero attached hydrogens (tertiary/aromatic N) is 1. The third kappa shape index (κ3) is 1.72. The van der Waals surface area contributed by atoms with Crippen LogP contribution in [0.25, 0.3) is 0 Å². The van der Waals surface area contributed by atoms with Crippen molar-refractivity contribution in [2.75, 3.05) is 6.26 Å². The monoisotopic (exact) mass is 208 g/mol. The fourth-order valence-electron chi connectivity index (χ4n) is 0.785. The molecule has 0 saturated heterocycles. The molecule has 1 heterocycles. The molecule has 1 aliphatic heterocycles. The van der Waals surface area contributed by atoms with Crippen LogP contribution in [0, 0.1) is 0 Å². The van der Waals surface area contributed by atoms with E-state index in [1.807, 2.05) is 0 Å². The molecular weight excluding hydrogens is 200 g/mol. The fraction of sp³-hybridized carbons (Fsp3) is 0.400. The van der Waals surface area contributed by atoms with Crippen molar-refractivity contribution in [3.05, 3.63) is 11.6 Å². The Morgan fingerprint density at radius 1 is 1.67 bits per heavy atom. The second-order valence-electron chi connectivity index (χ2n) is 2.27. The number of hydrogen-bond acceptors (Lipinski definition) is 4. The molecule has 0 spiro atoms. The number of carbonyl (C=O) groups is 1. The van der Waals surface area contributed by atoms with E-state index in [0.717, 1.165) is 22.3 Å². The summed E-state index contributed by atoms with van der Waals surface area (Å²) in [5.74, 6) is -0.657. The SMILES string of the molecule is CS(=O)(=O)N1C=CSC1C(N)=O. The molecule has 2 N–H and O–H groups in total. The largest absolute Gasteiger partial charge is 0.367 e. The summed E-state index contributed by atoms with van der Waals surface area (Å²) in [5.41, 5.74) is 4.98. The smallest absolute Gasteiger partial charge is 0.252 e. The predicted octanol–water partition coefficient (Wildman–Crippen LogP) is -0.723. The summed E-state index contributed by atoms with van der Waals surface area (Å²) in [5, 5.41) is 0.705. The maximum atomic E-state index is 11.0. The minimum Gasteiger partial charge on any atom is -0.367 e. The van der Waals surface area contributed by atoms with E-state index in [4.69, 9.17) is 5.73 Å². The highest BCUT2D eigenvalue weighted by Gasteiger charge is 2.31. The Morgan fingerprint density at radius 3 is 2.58 bits per heavy atom. The van der Waals surface area contributed by atoms with Gasteiger partial charge in [0.15, 0.2) is 5.37 Å². The average Bonchev–Trinajstić information content (AvgIpc) is 2.30. The van der Waals surface area contributed by atoms with Gasteiger partial charge in [0, 0.05) is 6.20 Å². The zero-order valence-corrected chi connectivity index (χ0v) is 7.93. The molecule has 0 aromatic carbocycles. The molecule has 0 radical (unpaired) electrons. The lowest BCUT2D eigenvalue weighted by molar-refractivity contribution is -0.118. The number of hydrogen-bond donors (Lipinski definition) is 1. The van der Waals surface area contributed by atoms with Crippen LogP contribution in [0.1, 0.15) is 0 Å². The van der Waals surface area contributed by atoms with Crippen LogP contribution in [0.15, 0.2) is 11.6 Å².